The van der Waals surface area contributed by atoms with Gasteiger partial charge in [-0.25, -0.2) is 0 Å². The smallest absolute Gasteiger partial charge is 0.129 e. The Hall–Kier alpha value is -0.660. The summed E-state index contributed by atoms with van der Waals surface area (Å²) in [6, 6.07) is 0. The lowest BCUT2D eigenvalue weighted by atomic mass is 10.4. The first-order chi connectivity index (χ1) is 5.95. The van der Waals surface area contributed by atoms with E-state index >= 15 is 0 Å². The van der Waals surface area contributed by atoms with E-state index in [-0.39, 0.29) is 48.7 Å². The highest BCUT2D eigenvalue weighted by molar-refractivity contribution is 5.75. The molecule has 0 amide bonds. The average molecular weight is 269 g/mol. The first kappa shape index (κ1) is 53.1. The highest BCUT2D eigenvalue weighted by atomic mass is 16.1. The minimum atomic E-state index is 0. The van der Waals surface area contributed by atoms with Gasteiger partial charge in [0.2, 0.25) is 0 Å². The van der Waals surface area contributed by atoms with Gasteiger partial charge in [0.1, 0.15) is 11.6 Å². The molecule has 0 rings (SSSR count). The van der Waals surface area contributed by atoms with Crippen molar-refractivity contribution in [3.05, 3.63) is 0 Å². The van der Waals surface area contributed by atoms with Crippen LogP contribution in [0, 0.1) is 0 Å². The summed E-state index contributed by atoms with van der Waals surface area (Å²) in [7, 11) is 0. The number of Topliss-reactive ketones (excluding diaryl/α,β-unsaturated/α-hetero) is 2. The van der Waals surface area contributed by atoms with Crippen LogP contribution in [0.2, 0.25) is 0 Å². The molecule has 0 radical (unpaired) electrons. The highest BCUT2D eigenvalue weighted by Crippen LogP contribution is 1.72. The lowest BCUT2D eigenvalue weighted by molar-refractivity contribution is -0.117. The topological polar surface area (TPSA) is 34.1 Å². The first-order valence-corrected chi connectivity index (χ1v) is 4.94. The third-order valence-electron chi connectivity index (χ3n) is 0.996. The number of ketones is 2. The molecule has 0 saturated heterocycles. The summed E-state index contributed by atoms with van der Waals surface area (Å²) in [5, 5.41) is 0. The van der Waals surface area contributed by atoms with Gasteiger partial charge in [0.05, 0.1) is 0 Å². The minimum Gasteiger partial charge on any atom is -0.300 e. The molecule has 18 heavy (non-hydrogen) atoms. The second kappa shape index (κ2) is 55.3. The molecule has 0 aromatic heterocycles. The minimum absolute atomic E-state index is 0. The van der Waals surface area contributed by atoms with E-state index in [1.165, 1.54) is 6.42 Å². The molecule has 0 fully saturated rings. The van der Waals surface area contributed by atoms with E-state index in [2.05, 4.69) is 13.8 Å². The number of carbonyl (C=O) groups excluding carboxylic acids is 2. The molecule has 0 spiro atoms. The van der Waals surface area contributed by atoms with E-state index in [9.17, 15) is 9.59 Å². The molecule has 0 aliphatic carbocycles. The Labute approximate surface area is 120 Å². The molecule has 0 bridgehead atoms. The summed E-state index contributed by atoms with van der Waals surface area (Å²) in [6.45, 7) is 11.1. The number of hydrogen-bond donors (Lipinski definition) is 0. The second-order valence-electron chi connectivity index (χ2n) is 2.82. The van der Waals surface area contributed by atoms with Gasteiger partial charge in [0.25, 0.3) is 0 Å². The summed E-state index contributed by atoms with van der Waals surface area (Å²) in [5.74, 6) is 0.509. The van der Waals surface area contributed by atoms with Gasteiger partial charge in [0, 0.05) is 12.8 Å². The number of hydrogen-bond acceptors (Lipinski definition) is 2. The van der Waals surface area contributed by atoms with Crippen LogP contribution in [-0.4, -0.2) is 11.6 Å². The van der Waals surface area contributed by atoms with Crippen molar-refractivity contribution in [2.24, 2.45) is 0 Å². The van der Waals surface area contributed by atoms with Gasteiger partial charge < -0.3 is 9.59 Å². The SMILES string of the molecule is C.C.C.C.C.CCC.CCC(C)=O.CCC(C)=O. The van der Waals surface area contributed by atoms with Gasteiger partial charge in [-0.3, -0.25) is 0 Å². The molecular weight excluding hydrogens is 224 g/mol. The van der Waals surface area contributed by atoms with Crippen LogP contribution in [0.15, 0.2) is 0 Å². The largest absolute Gasteiger partial charge is 0.300 e. The predicted octanol–water partition coefficient (Wildman–Crippen LogP) is 6.57. The Morgan fingerprint density at radius 3 is 0.667 bits per heavy atom. The van der Waals surface area contributed by atoms with Crippen molar-refractivity contribution in [2.75, 3.05) is 0 Å². The van der Waals surface area contributed by atoms with E-state index in [4.69, 9.17) is 0 Å². The van der Waals surface area contributed by atoms with Crippen LogP contribution < -0.4 is 0 Å². The van der Waals surface area contributed by atoms with Crippen molar-refractivity contribution in [2.45, 2.75) is 97.9 Å². The Kier molecular flexibility index (Phi) is 163. The molecule has 0 atom stereocenters. The zero-order valence-electron chi connectivity index (χ0n) is 9.94. The Morgan fingerprint density at radius 2 is 0.667 bits per heavy atom. The molecule has 0 saturated carbocycles. The second-order valence-corrected chi connectivity index (χ2v) is 2.82. The summed E-state index contributed by atoms with van der Waals surface area (Å²) in [6.07, 6.45) is 2.58. The van der Waals surface area contributed by atoms with Gasteiger partial charge in [-0.15, -0.1) is 0 Å². The maximum absolute atomic E-state index is 9.81. The average Bonchev–Trinajstić information content (AvgIpc) is 2.07. The van der Waals surface area contributed by atoms with Gasteiger partial charge in [-0.2, -0.15) is 0 Å². The Morgan fingerprint density at radius 1 is 0.611 bits per heavy atom. The molecule has 2 heteroatoms. The zero-order valence-corrected chi connectivity index (χ0v) is 9.94. The molecule has 0 aromatic rings. The monoisotopic (exact) mass is 268 g/mol. The van der Waals surface area contributed by atoms with E-state index in [1.54, 1.807) is 13.8 Å². The fourth-order valence-electron chi connectivity index (χ4n) is 0. The summed E-state index contributed by atoms with van der Waals surface area (Å²) in [5.41, 5.74) is 0. The van der Waals surface area contributed by atoms with Crippen LogP contribution in [0.4, 0.5) is 0 Å². The molecule has 0 unspecified atom stereocenters. The van der Waals surface area contributed by atoms with E-state index < -0.39 is 0 Å². The van der Waals surface area contributed by atoms with Crippen molar-refractivity contribution >= 4 is 11.6 Å². The molecule has 2 nitrogen and oxygen atoms in total. The van der Waals surface area contributed by atoms with Gasteiger partial charge >= 0.3 is 0 Å². The van der Waals surface area contributed by atoms with Crippen molar-refractivity contribution < 1.29 is 9.59 Å². The number of carbonyl (C=O) groups is 2. The standard InChI is InChI=1S/2C4H8O.C3H8.5CH4/c2*1-3-4(2)5;1-3-2;;;;;/h2*3H2,1-2H3;3H2,1-2H3;5*1H4. The molecule has 0 heterocycles. The van der Waals surface area contributed by atoms with Gasteiger partial charge in [-0.05, 0) is 13.8 Å². The van der Waals surface area contributed by atoms with Crippen molar-refractivity contribution in [1.29, 1.82) is 0 Å². The summed E-state index contributed by atoms with van der Waals surface area (Å²) in [4.78, 5) is 19.6. The highest BCUT2D eigenvalue weighted by Gasteiger charge is 1.77. The normalized spacial score (nSPS) is 5.22. The lowest BCUT2D eigenvalue weighted by Crippen LogP contribution is -1.80. The zero-order chi connectivity index (χ0) is 11.3. The van der Waals surface area contributed by atoms with E-state index in [0.29, 0.717) is 12.8 Å². The number of rotatable bonds is 2. The molecule has 0 aliphatic heterocycles. The fourth-order valence-corrected chi connectivity index (χ4v) is 0. The predicted molar refractivity (Wildman–Crippen MR) is 91.6 cm³/mol. The summed E-state index contributed by atoms with van der Waals surface area (Å²) < 4.78 is 0. The molecule has 0 aromatic carbocycles. The molecule has 120 valence electrons. The van der Waals surface area contributed by atoms with Crippen molar-refractivity contribution in [3.63, 3.8) is 0 Å². The van der Waals surface area contributed by atoms with Crippen LogP contribution in [0.3, 0.4) is 0 Å². The van der Waals surface area contributed by atoms with Crippen LogP contribution in [0.1, 0.15) is 97.9 Å². The molecule has 0 N–H and O–H groups in total. The van der Waals surface area contributed by atoms with Crippen LogP contribution in [0.5, 0.6) is 0 Å². The maximum atomic E-state index is 9.81. The van der Waals surface area contributed by atoms with Crippen LogP contribution in [0.25, 0.3) is 0 Å². The van der Waals surface area contributed by atoms with E-state index in [0.717, 1.165) is 0 Å². The van der Waals surface area contributed by atoms with Crippen molar-refractivity contribution in [3.8, 4) is 0 Å². The third-order valence-corrected chi connectivity index (χ3v) is 0.996. The maximum Gasteiger partial charge on any atom is 0.129 e. The quantitative estimate of drug-likeness (QED) is 0.567. The van der Waals surface area contributed by atoms with Gasteiger partial charge in [-0.1, -0.05) is 71.2 Å². The van der Waals surface area contributed by atoms with Crippen molar-refractivity contribution in [1.82, 2.24) is 0 Å². The Bertz CT molecular complexity index is 104. The summed E-state index contributed by atoms with van der Waals surface area (Å²) >= 11 is 0. The lowest BCUT2D eigenvalue weighted by Gasteiger charge is -1.71. The third kappa shape index (κ3) is 283. The van der Waals surface area contributed by atoms with E-state index in [1.807, 2.05) is 13.8 Å². The van der Waals surface area contributed by atoms with Crippen LogP contribution >= 0.6 is 0 Å². The molecule has 0 aliphatic rings. The Balaban J connectivity index is -0.0000000125. The van der Waals surface area contributed by atoms with Gasteiger partial charge in [0.15, 0.2) is 0 Å². The van der Waals surface area contributed by atoms with Crippen LogP contribution in [-0.2, 0) is 9.59 Å². The fraction of sp³-hybridized carbons (Fsp3) is 0.875. The first-order valence-electron chi connectivity index (χ1n) is 4.94. The molecular formula is C16H44O2.